The Balaban J connectivity index is 1.66. The van der Waals surface area contributed by atoms with Crippen LogP contribution < -0.4 is 15.7 Å². The predicted molar refractivity (Wildman–Crippen MR) is 114 cm³/mol. The monoisotopic (exact) mass is 470 g/mol. The van der Waals surface area contributed by atoms with E-state index in [1.165, 1.54) is 0 Å². The van der Waals surface area contributed by atoms with E-state index in [1.54, 1.807) is 6.07 Å². The van der Waals surface area contributed by atoms with Crippen molar-refractivity contribution in [1.29, 1.82) is 0 Å². The number of hydrogen-bond donors (Lipinski definition) is 1. The molecule has 0 unspecified atom stereocenters. The second-order valence-electron chi connectivity index (χ2n) is 6.01. The largest absolute Gasteiger partial charge is 0.456 e. The van der Waals surface area contributed by atoms with Gasteiger partial charge >= 0.3 is 11.6 Å². The van der Waals surface area contributed by atoms with Gasteiger partial charge in [-0.25, -0.2) is 4.79 Å². The fourth-order valence-electron chi connectivity index (χ4n) is 2.63. The zero-order chi connectivity index (χ0) is 18.8. The highest BCUT2D eigenvalue weighted by atomic mass is 127. The average molecular weight is 470 g/mol. The molecule has 0 saturated heterocycles. The van der Waals surface area contributed by atoms with E-state index >= 15 is 0 Å². The number of rotatable bonds is 4. The Kier molecular flexibility index (Phi) is 4.81. The molecule has 1 heterocycles. The smallest absolute Gasteiger partial charge is 0.348 e. The lowest BCUT2D eigenvalue weighted by atomic mass is 10.2. The van der Waals surface area contributed by atoms with Crippen molar-refractivity contribution in [3.05, 3.63) is 86.3 Å². The highest BCUT2D eigenvalue weighted by Crippen LogP contribution is 2.30. The summed E-state index contributed by atoms with van der Waals surface area (Å²) in [6.45, 7) is 1.95. The first kappa shape index (κ1) is 17.5. The molecule has 0 aliphatic rings. The Morgan fingerprint density at radius 2 is 1.85 bits per heavy atom. The van der Waals surface area contributed by atoms with Crippen LogP contribution in [-0.2, 0) is 0 Å². The van der Waals surface area contributed by atoms with Gasteiger partial charge in [0.2, 0.25) is 0 Å². The Bertz CT molecular complexity index is 1170. The Morgan fingerprint density at radius 1 is 1.04 bits per heavy atom. The molecule has 1 N–H and O–H groups in total. The lowest BCUT2D eigenvalue weighted by Crippen LogP contribution is -2.05. The van der Waals surface area contributed by atoms with Crippen LogP contribution in [0.15, 0.2) is 75.9 Å². The number of ether oxygens (including phenoxy) is 1. The molecule has 0 aliphatic carbocycles. The lowest BCUT2D eigenvalue weighted by Gasteiger charge is -2.11. The van der Waals surface area contributed by atoms with E-state index in [1.807, 2.05) is 67.6 Å². The number of halogens is 1. The fraction of sp³-hybridized carbons (Fsp3) is 0.0476. The summed E-state index contributed by atoms with van der Waals surface area (Å²) in [6.07, 6.45) is 0. The normalized spacial score (nSPS) is 10.7. The first-order valence-electron chi connectivity index (χ1n) is 8.29. The second kappa shape index (κ2) is 7.40. The van der Waals surface area contributed by atoms with E-state index < -0.39 is 5.63 Å². The number of anilines is 2. The van der Waals surface area contributed by atoms with Gasteiger partial charge in [-0.1, -0.05) is 24.3 Å². The molecular formula is C21H15IN2O3. The minimum Gasteiger partial charge on any atom is -0.456 e. The topological polar surface area (TPSA) is 64.4 Å². The third-order valence-electron chi connectivity index (χ3n) is 3.94. The van der Waals surface area contributed by atoms with Gasteiger partial charge in [-0.05, 0) is 71.5 Å². The van der Waals surface area contributed by atoms with Crippen molar-refractivity contribution in [2.45, 2.75) is 6.92 Å². The molecule has 0 amide bonds. The van der Waals surface area contributed by atoms with Gasteiger partial charge in [0.05, 0.1) is 14.5 Å². The van der Waals surface area contributed by atoms with Gasteiger partial charge in [-0.3, -0.25) is 0 Å². The molecule has 3 aromatic carbocycles. The van der Waals surface area contributed by atoms with Crippen molar-refractivity contribution < 1.29 is 9.15 Å². The second-order valence-corrected chi connectivity index (χ2v) is 7.17. The molecule has 0 spiro atoms. The SMILES string of the molecule is Cc1ccc2c(=O)oc(Nc3ccc(I)c(Oc4ccccc4)c3)nc2c1. The van der Waals surface area contributed by atoms with Crippen LogP contribution in [0, 0.1) is 10.5 Å². The first-order valence-corrected chi connectivity index (χ1v) is 9.37. The maximum absolute atomic E-state index is 12.2. The van der Waals surface area contributed by atoms with Crippen molar-refractivity contribution in [2.75, 3.05) is 5.32 Å². The molecule has 27 heavy (non-hydrogen) atoms. The molecule has 0 bridgehead atoms. The van der Waals surface area contributed by atoms with Gasteiger partial charge in [0, 0.05) is 11.8 Å². The number of para-hydroxylation sites is 1. The third-order valence-corrected chi connectivity index (χ3v) is 4.83. The highest BCUT2D eigenvalue weighted by molar-refractivity contribution is 14.1. The predicted octanol–water partition coefficient (Wildman–Crippen LogP) is 5.64. The summed E-state index contributed by atoms with van der Waals surface area (Å²) in [5.74, 6) is 1.45. The quantitative estimate of drug-likeness (QED) is 0.392. The zero-order valence-corrected chi connectivity index (χ0v) is 16.6. The van der Waals surface area contributed by atoms with Crippen LogP contribution in [0.25, 0.3) is 10.9 Å². The van der Waals surface area contributed by atoms with E-state index in [2.05, 4.69) is 32.9 Å². The summed E-state index contributed by atoms with van der Waals surface area (Å²) in [5, 5.41) is 3.51. The summed E-state index contributed by atoms with van der Waals surface area (Å²) in [4.78, 5) is 16.6. The lowest BCUT2D eigenvalue weighted by molar-refractivity contribution is 0.479. The zero-order valence-electron chi connectivity index (χ0n) is 14.4. The minimum atomic E-state index is -0.422. The van der Waals surface area contributed by atoms with Crippen LogP contribution >= 0.6 is 22.6 Å². The van der Waals surface area contributed by atoms with Gasteiger partial charge in [0.25, 0.3) is 0 Å². The molecule has 0 fully saturated rings. The van der Waals surface area contributed by atoms with Crippen LogP contribution in [0.5, 0.6) is 11.5 Å². The number of aryl methyl sites for hydroxylation is 1. The molecule has 134 valence electrons. The number of aromatic nitrogens is 1. The molecule has 0 radical (unpaired) electrons. The van der Waals surface area contributed by atoms with Crippen molar-refractivity contribution in [3.8, 4) is 11.5 Å². The van der Waals surface area contributed by atoms with E-state index in [0.29, 0.717) is 22.3 Å². The number of nitrogens with one attached hydrogen (secondary N) is 1. The molecule has 0 atom stereocenters. The Morgan fingerprint density at radius 3 is 2.67 bits per heavy atom. The van der Waals surface area contributed by atoms with Gasteiger partial charge in [-0.2, -0.15) is 4.98 Å². The highest BCUT2D eigenvalue weighted by Gasteiger charge is 2.09. The summed E-state index contributed by atoms with van der Waals surface area (Å²) in [5.41, 5.74) is 1.91. The third kappa shape index (κ3) is 3.95. The summed E-state index contributed by atoms with van der Waals surface area (Å²) < 4.78 is 12.2. The van der Waals surface area contributed by atoms with E-state index in [9.17, 15) is 4.79 Å². The van der Waals surface area contributed by atoms with E-state index in [-0.39, 0.29) is 6.01 Å². The molecule has 4 aromatic rings. The van der Waals surface area contributed by atoms with Crippen LogP contribution in [0.4, 0.5) is 11.7 Å². The molecule has 6 heteroatoms. The molecular weight excluding hydrogens is 455 g/mol. The maximum atomic E-state index is 12.2. The standard InChI is InChI=1S/C21H15IN2O3/c1-13-7-9-16-18(11-13)24-21(27-20(16)25)23-14-8-10-17(22)19(12-14)26-15-5-3-2-4-6-15/h2-12H,1H3,(H,23,24). The Hall–Kier alpha value is -2.87. The number of fused-ring (bicyclic) bond motifs is 1. The summed E-state index contributed by atoms with van der Waals surface area (Å²) >= 11 is 2.21. The van der Waals surface area contributed by atoms with Crippen LogP contribution in [0.3, 0.4) is 0 Å². The molecule has 5 nitrogen and oxygen atoms in total. The van der Waals surface area contributed by atoms with Gasteiger partial charge in [0.15, 0.2) is 0 Å². The van der Waals surface area contributed by atoms with Crippen LogP contribution in [0.2, 0.25) is 0 Å². The molecule has 0 aliphatic heterocycles. The van der Waals surface area contributed by atoms with Crippen molar-refractivity contribution in [1.82, 2.24) is 4.98 Å². The molecule has 4 rings (SSSR count). The summed E-state index contributed by atoms with van der Waals surface area (Å²) in [6, 6.07) is 20.8. The van der Waals surface area contributed by atoms with Crippen molar-refractivity contribution in [2.24, 2.45) is 0 Å². The van der Waals surface area contributed by atoms with Gasteiger partial charge < -0.3 is 14.5 Å². The van der Waals surface area contributed by atoms with Crippen LogP contribution in [-0.4, -0.2) is 4.98 Å². The Labute approximate surface area is 169 Å². The minimum absolute atomic E-state index is 0.143. The maximum Gasteiger partial charge on any atom is 0.348 e. The van der Waals surface area contributed by atoms with Gasteiger partial charge in [-0.15, -0.1) is 0 Å². The number of benzene rings is 3. The van der Waals surface area contributed by atoms with Crippen molar-refractivity contribution in [3.63, 3.8) is 0 Å². The van der Waals surface area contributed by atoms with Crippen LogP contribution in [0.1, 0.15) is 5.56 Å². The first-order chi connectivity index (χ1) is 13.1. The summed E-state index contributed by atoms with van der Waals surface area (Å²) in [7, 11) is 0. The van der Waals surface area contributed by atoms with Gasteiger partial charge in [0.1, 0.15) is 11.5 Å². The fourth-order valence-corrected chi connectivity index (χ4v) is 3.08. The average Bonchev–Trinajstić information content (AvgIpc) is 2.65. The molecule has 0 saturated carbocycles. The van der Waals surface area contributed by atoms with E-state index in [4.69, 9.17) is 9.15 Å². The molecule has 1 aromatic heterocycles. The number of hydrogen-bond acceptors (Lipinski definition) is 5. The van der Waals surface area contributed by atoms with E-state index in [0.717, 1.165) is 14.9 Å². The number of nitrogens with zero attached hydrogens (tertiary/aromatic N) is 1. The van der Waals surface area contributed by atoms with Crippen molar-refractivity contribution >= 4 is 45.2 Å².